The highest BCUT2D eigenvalue weighted by Crippen LogP contribution is 2.31. The second-order valence-electron chi connectivity index (χ2n) is 7.20. The number of hydrogen-bond acceptors (Lipinski definition) is 7. The maximum atomic E-state index is 12.8. The summed E-state index contributed by atoms with van der Waals surface area (Å²) in [6, 6.07) is 7.34. The Kier molecular flexibility index (Phi) is 6.79. The van der Waals surface area contributed by atoms with Crippen LogP contribution in [0.15, 0.2) is 50.8 Å². The van der Waals surface area contributed by atoms with Gasteiger partial charge in [-0.05, 0) is 37.6 Å². The van der Waals surface area contributed by atoms with Crippen molar-refractivity contribution in [3.05, 3.63) is 68.8 Å². The van der Waals surface area contributed by atoms with Crippen LogP contribution in [0.2, 0.25) is 5.15 Å². The lowest BCUT2D eigenvalue weighted by molar-refractivity contribution is -0.555. The van der Waals surface area contributed by atoms with Gasteiger partial charge in [0.2, 0.25) is 0 Å². The molecule has 0 bridgehead atoms. The van der Waals surface area contributed by atoms with Crippen molar-refractivity contribution in [3.8, 4) is 0 Å². The van der Waals surface area contributed by atoms with Crippen molar-refractivity contribution >= 4 is 50.1 Å². The molecule has 2 heterocycles. The van der Waals surface area contributed by atoms with E-state index < -0.39 is 16.1 Å². The first-order valence-corrected chi connectivity index (χ1v) is 11.5. The first-order chi connectivity index (χ1) is 15.0. The quantitative estimate of drug-likeness (QED) is 0.302. The van der Waals surface area contributed by atoms with Crippen LogP contribution in [-0.4, -0.2) is 26.7 Å². The highest BCUT2D eigenvalue weighted by atomic mass is 35.5. The molecule has 0 fully saturated rings. The number of nitrogens with one attached hydrogen (secondary N) is 2. The summed E-state index contributed by atoms with van der Waals surface area (Å²) in [5.41, 5.74) is 2.14. The van der Waals surface area contributed by atoms with Gasteiger partial charge in [-0.25, -0.2) is 18.5 Å². The highest BCUT2D eigenvalue weighted by molar-refractivity contribution is 7.89. The van der Waals surface area contributed by atoms with Crippen LogP contribution in [0.1, 0.15) is 29.9 Å². The van der Waals surface area contributed by atoms with E-state index in [1.807, 2.05) is 13.0 Å². The van der Waals surface area contributed by atoms with Crippen LogP contribution >= 0.6 is 11.6 Å². The van der Waals surface area contributed by atoms with Crippen molar-refractivity contribution in [2.45, 2.75) is 24.9 Å². The maximum Gasteiger partial charge on any atom is 0.257 e. The molecule has 9 nitrogen and oxygen atoms in total. The number of fused-ring (bicyclic) bond motifs is 1. The number of allylic oxidation sites excluding steroid dienone is 1. The Labute approximate surface area is 189 Å². The minimum atomic E-state index is -4.14. The molecule has 0 saturated carbocycles. The number of sulfonamides is 1. The first-order valence-electron chi connectivity index (χ1n) is 9.60. The molecule has 6 N–H and O–H groups in total. The van der Waals surface area contributed by atoms with Crippen molar-refractivity contribution in [3.63, 3.8) is 0 Å². The number of rotatable bonds is 7. The number of nitrogens with zero attached hydrogens (tertiary/aromatic N) is 1. The van der Waals surface area contributed by atoms with E-state index >= 15 is 0 Å². The number of halogens is 1. The smallest absolute Gasteiger partial charge is 0.257 e. The van der Waals surface area contributed by atoms with Gasteiger partial charge in [-0.15, -0.1) is 0 Å². The standard InChI is InChI=1S/C21H22ClN5O4S/c1-11-6-14(12(2)26-16-4-5-19(22)27-21(16)32(24,29)30)20-15(7-11)17(28)8-18(31-20)13(9-23)10-25-3/h4-10,12,23,25-26H,1-3H3,(H2,24,29,30)/p+1/b13-10+,23-9?/t12-/m1/s1. The highest BCUT2D eigenvalue weighted by Gasteiger charge is 2.21. The fourth-order valence-electron chi connectivity index (χ4n) is 3.33. The minimum Gasteiger partial charge on any atom is -0.455 e. The largest absolute Gasteiger partial charge is 0.455 e. The van der Waals surface area contributed by atoms with Gasteiger partial charge in [-0.3, -0.25) is 4.79 Å². The maximum absolute atomic E-state index is 12.8. The summed E-state index contributed by atoms with van der Waals surface area (Å²) in [5, 5.41) is 17.7. The van der Waals surface area contributed by atoms with E-state index in [4.69, 9.17) is 26.6 Å². The Hall–Kier alpha value is -3.05. The predicted molar refractivity (Wildman–Crippen MR) is 124 cm³/mol. The number of benzene rings is 1. The minimum absolute atomic E-state index is 0.0115. The molecule has 0 saturated heterocycles. The molecular weight excluding hydrogens is 454 g/mol. The van der Waals surface area contributed by atoms with E-state index in [1.165, 1.54) is 18.2 Å². The summed E-state index contributed by atoms with van der Waals surface area (Å²) in [4.78, 5) is 16.7. The summed E-state index contributed by atoms with van der Waals surface area (Å²) >= 11 is 5.84. The molecule has 168 valence electrons. The van der Waals surface area contributed by atoms with Crippen LogP contribution in [0, 0.1) is 12.3 Å². The number of pyridine rings is 1. The molecule has 0 aliphatic heterocycles. The molecule has 3 aromatic rings. The van der Waals surface area contributed by atoms with Gasteiger partial charge in [0.15, 0.2) is 10.5 Å². The number of nitrogens with two attached hydrogens (primary N) is 2. The summed E-state index contributed by atoms with van der Waals surface area (Å²) in [6.45, 7) is 3.63. The van der Waals surface area contributed by atoms with Crippen LogP contribution in [-0.2, 0) is 10.0 Å². The Bertz CT molecular complexity index is 1400. The number of primary sulfonamides is 1. The van der Waals surface area contributed by atoms with Gasteiger partial charge in [0.1, 0.15) is 22.7 Å². The van der Waals surface area contributed by atoms with Crippen LogP contribution in [0.5, 0.6) is 0 Å². The van der Waals surface area contributed by atoms with E-state index in [2.05, 4.69) is 10.3 Å². The van der Waals surface area contributed by atoms with Gasteiger partial charge in [0.25, 0.3) is 10.0 Å². The summed E-state index contributed by atoms with van der Waals surface area (Å²) in [7, 11) is -2.34. The zero-order chi connectivity index (χ0) is 23.6. The van der Waals surface area contributed by atoms with Gasteiger partial charge >= 0.3 is 0 Å². The van der Waals surface area contributed by atoms with Crippen molar-refractivity contribution in [2.24, 2.45) is 5.14 Å². The molecule has 0 aliphatic rings. The van der Waals surface area contributed by atoms with Crippen molar-refractivity contribution < 1.29 is 18.2 Å². The molecule has 0 aliphatic carbocycles. The molecular formula is C21H23ClN5O4S+. The van der Waals surface area contributed by atoms with E-state index in [0.717, 1.165) is 11.8 Å². The summed E-state index contributed by atoms with van der Waals surface area (Å²) in [6.07, 6.45) is 2.78. The van der Waals surface area contributed by atoms with E-state index in [0.29, 0.717) is 22.1 Å². The van der Waals surface area contributed by atoms with E-state index in [9.17, 15) is 13.2 Å². The molecule has 0 amide bonds. The third-order valence-electron chi connectivity index (χ3n) is 4.72. The average Bonchev–Trinajstić information content (AvgIpc) is 2.72. The summed E-state index contributed by atoms with van der Waals surface area (Å²) < 4.78 is 30.0. The number of anilines is 1. The van der Waals surface area contributed by atoms with Crippen molar-refractivity contribution in [1.29, 1.82) is 5.41 Å². The topological polar surface area (TPSA) is 156 Å². The molecule has 1 aromatic carbocycles. The number of aryl methyl sites for hydroxylation is 1. The van der Waals surface area contributed by atoms with Gasteiger partial charge in [0.05, 0.1) is 29.7 Å². The molecule has 0 spiro atoms. The van der Waals surface area contributed by atoms with Crippen LogP contribution in [0.3, 0.4) is 0 Å². The molecule has 3 rings (SSSR count). The second-order valence-corrected chi connectivity index (χ2v) is 9.07. The average molecular weight is 477 g/mol. The Balaban J connectivity index is 2.19. The van der Waals surface area contributed by atoms with E-state index in [-0.39, 0.29) is 27.1 Å². The molecule has 0 unspecified atom stereocenters. The lowest BCUT2D eigenvalue weighted by Gasteiger charge is -2.19. The molecule has 32 heavy (non-hydrogen) atoms. The lowest BCUT2D eigenvalue weighted by atomic mass is 10.0. The van der Waals surface area contributed by atoms with Crippen molar-refractivity contribution in [2.75, 3.05) is 12.4 Å². The predicted octanol–water partition coefficient (Wildman–Crippen LogP) is 2.15. The third-order valence-corrected chi connectivity index (χ3v) is 5.78. The second kappa shape index (κ2) is 9.21. The Morgan fingerprint density at radius 3 is 2.69 bits per heavy atom. The molecule has 1 atom stereocenters. The molecule has 0 radical (unpaired) electrons. The zero-order valence-electron chi connectivity index (χ0n) is 17.6. The van der Waals surface area contributed by atoms with Gasteiger partial charge in [-0.1, -0.05) is 17.7 Å². The fourth-order valence-corrected chi connectivity index (χ4v) is 4.19. The lowest BCUT2D eigenvalue weighted by Crippen LogP contribution is -2.72. The van der Waals surface area contributed by atoms with Gasteiger partial charge < -0.3 is 20.5 Å². The van der Waals surface area contributed by atoms with Crippen molar-refractivity contribution in [1.82, 2.24) is 4.98 Å². The van der Waals surface area contributed by atoms with Crippen LogP contribution in [0.25, 0.3) is 16.5 Å². The SMILES string of the molecule is C[NH2+]/C=C(\C=N)c1cc(=O)c2cc(C)cc([C@@H](C)Nc3ccc(Cl)nc3S(N)(=O)=O)c2o1. The Morgan fingerprint density at radius 2 is 2.06 bits per heavy atom. The summed E-state index contributed by atoms with van der Waals surface area (Å²) in [5.74, 6) is 0.256. The molecule has 2 aromatic heterocycles. The van der Waals surface area contributed by atoms with Gasteiger partial charge in [0, 0.05) is 17.8 Å². The Morgan fingerprint density at radius 1 is 1.34 bits per heavy atom. The monoisotopic (exact) mass is 476 g/mol. The first kappa shape index (κ1) is 23.6. The normalized spacial score (nSPS) is 13.2. The zero-order valence-corrected chi connectivity index (χ0v) is 19.2. The van der Waals surface area contributed by atoms with E-state index in [1.54, 1.807) is 31.6 Å². The third kappa shape index (κ3) is 4.89. The number of quaternary nitrogens is 1. The number of aromatic nitrogens is 1. The van der Waals surface area contributed by atoms with Crippen LogP contribution < -0.4 is 21.2 Å². The van der Waals surface area contributed by atoms with Gasteiger partial charge in [-0.2, -0.15) is 0 Å². The molecule has 11 heteroatoms. The fraction of sp³-hybridized carbons (Fsp3) is 0.190. The number of hydrogen-bond donors (Lipinski definition) is 4. The van der Waals surface area contributed by atoms with Crippen LogP contribution in [0.4, 0.5) is 5.69 Å².